The molecule has 0 unspecified atom stereocenters. The van der Waals surface area contributed by atoms with Crippen molar-refractivity contribution in [3.05, 3.63) is 86.5 Å². The first-order valence-electron chi connectivity index (χ1n) is 11.6. The van der Waals surface area contributed by atoms with Gasteiger partial charge in [0.25, 0.3) is 11.5 Å². The molecule has 0 atom stereocenters. The average molecular weight is 527 g/mol. The lowest BCUT2D eigenvalue weighted by Gasteiger charge is -2.19. The van der Waals surface area contributed by atoms with Crippen LogP contribution in [0.3, 0.4) is 0 Å². The summed E-state index contributed by atoms with van der Waals surface area (Å²) in [5, 5.41) is 3.13. The molecule has 4 rings (SSSR count). The maximum Gasteiger partial charge on any atom is 0.264 e. The minimum absolute atomic E-state index is 0.0580. The molecule has 1 saturated carbocycles. The molecule has 34 heavy (non-hydrogen) atoms. The van der Waals surface area contributed by atoms with E-state index < -0.39 is 0 Å². The van der Waals surface area contributed by atoms with Crippen molar-refractivity contribution < 1.29 is 13.9 Å². The van der Waals surface area contributed by atoms with Crippen LogP contribution < -0.4 is 15.6 Å². The Bertz CT molecular complexity index is 1200. The summed E-state index contributed by atoms with van der Waals surface area (Å²) in [5.74, 6) is -0.0125. The maximum atomic E-state index is 13.6. The van der Waals surface area contributed by atoms with E-state index in [1.54, 1.807) is 37.6 Å². The monoisotopic (exact) mass is 526 g/mol. The number of halogens is 2. The van der Waals surface area contributed by atoms with Gasteiger partial charge in [-0.15, -0.1) is 0 Å². The van der Waals surface area contributed by atoms with Gasteiger partial charge in [-0.1, -0.05) is 49.9 Å². The van der Waals surface area contributed by atoms with E-state index in [0.717, 1.165) is 36.8 Å². The molecule has 0 bridgehead atoms. The maximum absolute atomic E-state index is 13.6. The Morgan fingerprint density at radius 3 is 2.32 bits per heavy atom. The van der Waals surface area contributed by atoms with Gasteiger partial charge in [0.15, 0.2) is 0 Å². The molecule has 1 aliphatic rings. The number of rotatable bonds is 6. The van der Waals surface area contributed by atoms with E-state index in [1.807, 2.05) is 12.1 Å². The second kappa shape index (κ2) is 11.0. The lowest BCUT2D eigenvalue weighted by molar-refractivity contribution is 0.0932. The van der Waals surface area contributed by atoms with Crippen molar-refractivity contribution in [3.8, 4) is 16.9 Å². The molecule has 1 aliphatic carbocycles. The van der Waals surface area contributed by atoms with Crippen LogP contribution >= 0.6 is 15.9 Å². The average Bonchev–Trinajstić information content (AvgIpc) is 3.11. The first-order valence-corrected chi connectivity index (χ1v) is 12.4. The lowest BCUT2D eigenvalue weighted by atomic mass is 9.99. The molecule has 0 radical (unpaired) electrons. The Balaban J connectivity index is 1.77. The molecular weight excluding hydrogens is 499 g/mol. The Morgan fingerprint density at radius 2 is 1.71 bits per heavy atom. The second-order valence-electron chi connectivity index (χ2n) is 8.68. The molecule has 178 valence electrons. The standard InChI is InChI=1S/C27H28BrFN2O3/c1-34-22-14-10-19(11-15-22)24-23(28)17-31(16-18-8-12-20(29)13-9-18)27(33)25(24)26(32)30-21-6-4-2-3-5-7-21/h8-15,17,21H,2-7,16H2,1H3,(H,30,32). The van der Waals surface area contributed by atoms with Crippen molar-refractivity contribution in [2.75, 3.05) is 7.11 Å². The van der Waals surface area contributed by atoms with Gasteiger partial charge in [0, 0.05) is 22.3 Å². The molecule has 1 fully saturated rings. The number of pyridine rings is 1. The summed E-state index contributed by atoms with van der Waals surface area (Å²) >= 11 is 3.60. The Kier molecular flexibility index (Phi) is 7.83. The van der Waals surface area contributed by atoms with Crippen LogP contribution in [0, 0.1) is 5.82 Å². The van der Waals surface area contributed by atoms with E-state index >= 15 is 0 Å². The normalized spacial score (nSPS) is 14.4. The number of hydrogen-bond acceptors (Lipinski definition) is 3. The summed E-state index contributed by atoms with van der Waals surface area (Å²) in [6, 6.07) is 13.3. The number of ether oxygens (including phenoxy) is 1. The zero-order chi connectivity index (χ0) is 24.1. The van der Waals surface area contributed by atoms with Crippen LogP contribution in [0.25, 0.3) is 11.1 Å². The van der Waals surface area contributed by atoms with E-state index in [2.05, 4.69) is 21.2 Å². The van der Waals surface area contributed by atoms with E-state index in [0.29, 0.717) is 15.8 Å². The number of amides is 1. The van der Waals surface area contributed by atoms with Gasteiger partial charge in [-0.05, 0) is 64.2 Å². The number of nitrogens with zero attached hydrogens (tertiary/aromatic N) is 1. The fourth-order valence-corrected chi connectivity index (χ4v) is 5.14. The summed E-state index contributed by atoms with van der Waals surface area (Å²) in [6.45, 7) is 0.227. The molecular formula is C27H28BrFN2O3. The lowest BCUT2D eigenvalue weighted by Crippen LogP contribution is -2.39. The fraction of sp³-hybridized carbons (Fsp3) is 0.333. The molecule has 1 aromatic heterocycles. The first kappa shape index (κ1) is 24.2. The van der Waals surface area contributed by atoms with Crippen molar-refractivity contribution in [2.24, 2.45) is 0 Å². The molecule has 2 aromatic carbocycles. The zero-order valence-electron chi connectivity index (χ0n) is 19.2. The van der Waals surface area contributed by atoms with Crippen molar-refractivity contribution >= 4 is 21.8 Å². The van der Waals surface area contributed by atoms with Crippen LogP contribution in [0.15, 0.2) is 64.0 Å². The van der Waals surface area contributed by atoms with Crippen molar-refractivity contribution in [1.29, 1.82) is 0 Å². The Labute approximate surface area is 207 Å². The highest BCUT2D eigenvalue weighted by atomic mass is 79.9. The first-order chi connectivity index (χ1) is 16.5. The molecule has 5 nitrogen and oxygen atoms in total. The Hall–Kier alpha value is -2.93. The predicted octanol–water partition coefficient (Wildman–Crippen LogP) is 5.93. The highest BCUT2D eigenvalue weighted by Gasteiger charge is 2.25. The summed E-state index contributed by atoms with van der Waals surface area (Å²) in [6.07, 6.45) is 8.01. The number of carbonyl (C=O) groups is 1. The number of nitrogens with one attached hydrogen (secondary N) is 1. The molecule has 0 saturated heterocycles. The summed E-state index contributed by atoms with van der Waals surface area (Å²) in [4.78, 5) is 27.2. The van der Waals surface area contributed by atoms with Gasteiger partial charge in [-0.3, -0.25) is 9.59 Å². The van der Waals surface area contributed by atoms with Crippen molar-refractivity contribution in [1.82, 2.24) is 9.88 Å². The molecule has 7 heteroatoms. The van der Waals surface area contributed by atoms with Crippen LogP contribution in [-0.4, -0.2) is 23.6 Å². The van der Waals surface area contributed by atoms with Gasteiger partial charge in [-0.2, -0.15) is 0 Å². The van der Waals surface area contributed by atoms with Crippen molar-refractivity contribution in [2.45, 2.75) is 51.1 Å². The second-order valence-corrected chi connectivity index (χ2v) is 9.53. The third-order valence-electron chi connectivity index (χ3n) is 6.30. The van der Waals surface area contributed by atoms with Gasteiger partial charge in [-0.25, -0.2) is 4.39 Å². The summed E-state index contributed by atoms with van der Waals surface area (Å²) in [7, 11) is 1.59. The largest absolute Gasteiger partial charge is 0.497 e. The quantitative estimate of drug-likeness (QED) is 0.405. The number of methoxy groups -OCH3 is 1. The van der Waals surface area contributed by atoms with Crippen LogP contribution in [0.4, 0.5) is 4.39 Å². The van der Waals surface area contributed by atoms with Gasteiger partial charge >= 0.3 is 0 Å². The minimum Gasteiger partial charge on any atom is -0.497 e. The van der Waals surface area contributed by atoms with Crippen molar-refractivity contribution in [3.63, 3.8) is 0 Å². The predicted molar refractivity (Wildman–Crippen MR) is 135 cm³/mol. The molecule has 3 aromatic rings. The topological polar surface area (TPSA) is 60.3 Å². The van der Waals surface area contributed by atoms with Crippen LogP contribution in [0.1, 0.15) is 54.4 Å². The van der Waals surface area contributed by atoms with Crippen LogP contribution in [-0.2, 0) is 6.54 Å². The minimum atomic E-state index is -0.385. The third kappa shape index (κ3) is 5.58. The molecule has 0 aliphatic heterocycles. The number of hydrogen-bond donors (Lipinski definition) is 1. The van der Waals surface area contributed by atoms with Crippen LogP contribution in [0.5, 0.6) is 5.75 Å². The zero-order valence-corrected chi connectivity index (χ0v) is 20.7. The molecule has 0 spiro atoms. The summed E-state index contributed by atoms with van der Waals surface area (Å²) < 4.78 is 20.7. The van der Waals surface area contributed by atoms with E-state index in [1.165, 1.54) is 29.5 Å². The van der Waals surface area contributed by atoms with E-state index in [4.69, 9.17) is 4.74 Å². The van der Waals surface area contributed by atoms with Crippen LogP contribution in [0.2, 0.25) is 0 Å². The smallest absolute Gasteiger partial charge is 0.264 e. The Morgan fingerprint density at radius 1 is 1.06 bits per heavy atom. The number of benzene rings is 2. The summed E-state index contributed by atoms with van der Waals surface area (Å²) in [5.41, 5.74) is 1.77. The highest BCUT2D eigenvalue weighted by Crippen LogP contribution is 2.32. The molecule has 1 amide bonds. The number of aromatic nitrogens is 1. The number of carbonyl (C=O) groups excluding carboxylic acids is 1. The third-order valence-corrected chi connectivity index (χ3v) is 6.90. The van der Waals surface area contributed by atoms with Gasteiger partial charge < -0.3 is 14.6 Å². The van der Waals surface area contributed by atoms with Gasteiger partial charge in [0.2, 0.25) is 0 Å². The highest BCUT2D eigenvalue weighted by molar-refractivity contribution is 9.10. The van der Waals surface area contributed by atoms with Gasteiger partial charge in [0.05, 0.1) is 13.7 Å². The van der Waals surface area contributed by atoms with E-state index in [-0.39, 0.29) is 35.4 Å². The SMILES string of the molecule is COc1ccc(-c2c(Br)cn(Cc3ccc(F)cc3)c(=O)c2C(=O)NC2CCCCCC2)cc1. The van der Waals surface area contributed by atoms with Gasteiger partial charge in [0.1, 0.15) is 17.1 Å². The fourth-order valence-electron chi connectivity index (χ4n) is 4.47. The molecule has 1 heterocycles. The van der Waals surface area contributed by atoms with E-state index in [9.17, 15) is 14.0 Å². The molecule has 1 N–H and O–H groups in total.